The highest BCUT2D eigenvalue weighted by molar-refractivity contribution is 5.89. The normalized spacial score (nSPS) is 9.55. The summed E-state index contributed by atoms with van der Waals surface area (Å²) in [6.07, 6.45) is -1.12. The van der Waals surface area contributed by atoms with E-state index in [9.17, 15) is 9.59 Å². The summed E-state index contributed by atoms with van der Waals surface area (Å²) in [7, 11) is 2.89. The third kappa shape index (κ3) is 4.32. The van der Waals surface area contributed by atoms with Gasteiger partial charge < -0.3 is 14.2 Å². The highest BCUT2D eigenvalue weighted by Gasteiger charge is 2.14. The smallest absolute Gasteiger partial charge is 0.493 e. The van der Waals surface area contributed by atoms with E-state index in [0.717, 1.165) is 0 Å². The van der Waals surface area contributed by atoms with E-state index in [0.29, 0.717) is 11.5 Å². The van der Waals surface area contributed by atoms with E-state index < -0.39 is 12.1 Å². The van der Waals surface area contributed by atoms with Crippen LogP contribution < -0.4 is 9.47 Å². The molecule has 8 heteroatoms. The maximum Gasteiger partial charge on any atom is 0.543 e. The first-order valence-corrected chi connectivity index (χ1v) is 5.56. The van der Waals surface area contributed by atoms with Gasteiger partial charge in [0.2, 0.25) is 0 Å². The third-order valence-corrected chi connectivity index (χ3v) is 2.09. The van der Waals surface area contributed by atoms with Gasteiger partial charge >= 0.3 is 12.1 Å². The third-order valence-electron chi connectivity index (χ3n) is 2.09. The molecule has 0 atom stereocenters. The van der Waals surface area contributed by atoms with Gasteiger partial charge in [-0.1, -0.05) is 0 Å². The van der Waals surface area contributed by atoms with Crippen molar-refractivity contribution >= 4 is 12.1 Å². The van der Waals surface area contributed by atoms with Crippen molar-refractivity contribution in [3.63, 3.8) is 0 Å². The van der Waals surface area contributed by atoms with Gasteiger partial charge in [0, 0.05) is 0 Å². The molecule has 0 aliphatic heterocycles. The van der Waals surface area contributed by atoms with Crippen molar-refractivity contribution in [2.45, 2.75) is 6.92 Å². The van der Waals surface area contributed by atoms with Crippen LogP contribution in [-0.4, -0.2) is 33.0 Å². The first-order chi connectivity index (χ1) is 9.62. The molecule has 0 radical (unpaired) electrons. The van der Waals surface area contributed by atoms with Crippen LogP contribution in [0.15, 0.2) is 18.2 Å². The Morgan fingerprint density at radius 2 is 1.75 bits per heavy atom. The molecule has 0 fully saturated rings. The zero-order valence-corrected chi connectivity index (χ0v) is 11.2. The van der Waals surface area contributed by atoms with Crippen molar-refractivity contribution in [2.75, 3.05) is 20.8 Å². The summed E-state index contributed by atoms with van der Waals surface area (Å²) in [5.41, 5.74) is 0.120. The first-order valence-electron chi connectivity index (χ1n) is 5.56. The van der Waals surface area contributed by atoms with Crippen LogP contribution in [0, 0.1) is 0 Å². The fourth-order valence-electron chi connectivity index (χ4n) is 1.23. The number of methoxy groups -OCH3 is 2. The minimum atomic E-state index is -1.12. The first kappa shape index (κ1) is 15.6. The van der Waals surface area contributed by atoms with E-state index in [2.05, 4.69) is 19.6 Å². The Labute approximate surface area is 114 Å². The second-order valence-electron chi connectivity index (χ2n) is 3.27. The number of carbonyl (C=O) groups excluding carboxylic acids is 2. The standard InChI is InChI=1S/C12H14O8/c1-4-17-12(14)19-20-18-11(13)8-5-6-9(15-2)10(7-8)16-3/h5-7H,4H2,1-3H3. The van der Waals surface area contributed by atoms with Crippen molar-refractivity contribution in [3.8, 4) is 11.5 Å². The quantitative estimate of drug-likeness (QED) is 0.445. The molecule has 8 nitrogen and oxygen atoms in total. The summed E-state index contributed by atoms with van der Waals surface area (Å²) in [6, 6.07) is 4.33. The summed E-state index contributed by atoms with van der Waals surface area (Å²) in [5.74, 6) is -0.0868. The number of benzene rings is 1. The molecule has 0 N–H and O–H groups in total. The largest absolute Gasteiger partial charge is 0.543 e. The van der Waals surface area contributed by atoms with Gasteiger partial charge in [0.15, 0.2) is 11.5 Å². The van der Waals surface area contributed by atoms with Crippen LogP contribution >= 0.6 is 0 Å². The van der Waals surface area contributed by atoms with E-state index in [1.54, 1.807) is 6.92 Å². The van der Waals surface area contributed by atoms with Gasteiger partial charge in [0.05, 0.1) is 31.4 Å². The molecule has 0 aliphatic carbocycles. The molecule has 0 spiro atoms. The summed E-state index contributed by atoms with van der Waals surface area (Å²) >= 11 is 0. The summed E-state index contributed by atoms with van der Waals surface area (Å²) in [5, 5.41) is 4.00. The second kappa shape index (κ2) is 7.85. The van der Waals surface area contributed by atoms with E-state index in [4.69, 9.17) is 9.47 Å². The molecule has 0 heterocycles. The molecule has 1 rings (SSSR count). The molecular weight excluding hydrogens is 272 g/mol. The van der Waals surface area contributed by atoms with Crippen molar-refractivity contribution in [2.24, 2.45) is 0 Å². The SMILES string of the molecule is CCOC(=O)OOOC(=O)c1ccc(OC)c(OC)c1. The molecule has 0 saturated heterocycles. The van der Waals surface area contributed by atoms with Crippen LogP contribution in [0.3, 0.4) is 0 Å². The summed E-state index contributed by atoms with van der Waals surface area (Å²) in [6.45, 7) is 1.68. The minimum absolute atomic E-state index is 0.103. The highest BCUT2D eigenvalue weighted by Crippen LogP contribution is 2.27. The van der Waals surface area contributed by atoms with Crippen molar-refractivity contribution in [1.82, 2.24) is 0 Å². The maximum atomic E-state index is 11.6. The van der Waals surface area contributed by atoms with Crippen LogP contribution in [0.2, 0.25) is 0 Å². The van der Waals surface area contributed by atoms with Gasteiger partial charge in [0.25, 0.3) is 0 Å². The Morgan fingerprint density at radius 3 is 2.35 bits per heavy atom. The average molecular weight is 286 g/mol. The predicted molar refractivity (Wildman–Crippen MR) is 64.2 cm³/mol. The molecule has 0 bridgehead atoms. The predicted octanol–water partition coefficient (Wildman–Crippen LogP) is 1.88. The molecule has 0 unspecified atom stereocenters. The summed E-state index contributed by atoms with van der Waals surface area (Å²) < 4.78 is 14.4. The zero-order chi connectivity index (χ0) is 15.0. The monoisotopic (exact) mass is 286 g/mol. The molecule has 0 amide bonds. The zero-order valence-electron chi connectivity index (χ0n) is 11.2. The highest BCUT2D eigenvalue weighted by atomic mass is 17.5. The Morgan fingerprint density at radius 1 is 1.05 bits per heavy atom. The van der Waals surface area contributed by atoms with E-state index in [1.165, 1.54) is 32.4 Å². The fraction of sp³-hybridized carbons (Fsp3) is 0.333. The number of ether oxygens (including phenoxy) is 3. The molecular formula is C12H14O8. The molecule has 20 heavy (non-hydrogen) atoms. The lowest BCUT2D eigenvalue weighted by molar-refractivity contribution is -0.452. The Kier molecular flexibility index (Phi) is 6.11. The van der Waals surface area contributed by atoms with Gasteiger partial charge in [-0.3, -0.25) is 4.89 Å². The van der Waals surface area contributed by atoms with Crippen LogP contribution in [0.1, 0.15) is 17.3 Å². The van der Waals surface area contributed by atoms with E-state index >= 15 is 0 Å². The Balaban J connectivity index is 2.57. The lowest BCUT2D eigenvalue weighted by Crippen LogP contribution is -2.12. The number of rotatable bonds is 6. The van der Waals surface area contributed by atoms with Gasteiger partial charge in [-0.25, -0.2) is 14.5 Å². The molecule has 0 aliphatic rings. The second-order valence-corrected chi connectivity index (χ2v) is 3.27. The summed E-state index contributed by atoms with van der Waals surface area (Å²) in [4.78, 5) is 30.6. The number of carbonyl (C=O) groups is 2. The van der Waals surface area contributed by atoms with Gasteiger partial charge in [-0.15, -0.1) is 0 Å². The van der Waals surface area contributed by atoms with Gasteiger partial charge in [0.1, 0.15) is 0 Å². The molecule has 1 aromatic rings. The Bertz CT molecular complexity index is 471. The number of hydrogen-bond donors (Lipinski definition) is 0. The van der Waals surface area contributed by atoms with Crippen LogP contribution in [0.5, 0.6) is 11.5 Å². The lowest BCUT2D eigenvalue weighted by Gasteiger charge is -2.08. The maximum absolute atomic E-state index is 11.6. The van der Waals surface area contributed by atoms with Crippen molar-refractivity contribution in [3.05, 3.63) is 23.8 Å². The van der Waals surface area contributed by atoms with Crippen LogP contribution in [-0.2, 0) is 19.6 Å². The molecule has 0 aromatic heterocycles. The van der Waals surface area contributed by atoms with Crippen molar-refractivity contribution in [1.29, 1.82) is 0 Å². The molecule has 1 aromatic carbocycles. The Hall–Kier alpha value is -2.48. The molecule has 0 saturated carbocycles. The van der Waals surface area contributed by atoms with E-state index in [1.807, 2.05) is 0 Å². The minimum Gasteiger partial charge on any atom is -0.493 e. The molecule has 110 valence electrons. The topological polar surface area (TPSA) is 89.5 Å². The van der Waals surface area contributed by atoms with Crippen LogP contribution in [0.25, 0.3) is 0 Å². The lowest BCUT2D eigenvalue weighted by atomic mass is 10.2. The van der Waals surface area contributed by atoms with Crippen LogP contribution in [0.4, 0.5) is 4.79 Å². The van der Waals surface area contributed by atoms with Gasteiger partial charge in [-0.2, -0.15) is 0 Å². The van der Waals surface area contributed by atoms with E-state index in [-0.39, 0.29) is 12.2 Å². The number of hydrogen-bond acceptors (Lipinski definition) is 8. The van der Waals surface area contributed by atoms with Crippen molar-refractivity contribution < 1.29 is 38.6 Å². The fourth-order valence-corrected chi connectivity index (χ4v) is 1.23. The van der Waals surface area contributed by atoms with Gasteiger partial charge in [-0.05, 0) is 25.1 Å². The average Bonchev–Trinajstić information content (AvgIpc) is 2.46.